The van der Waals surface area contributed by atoms with E-state index in [4.69, 9.17) is 4.42 Å². The lowest BCUT2D eigenvalue weighted by molar-refractivity contribution is 0.669. The number of nitrogens with one attached hydrogen (secondary N) is 1. The van der Waals surface area contributed by atoms with E-state index >= 15 is 0 Å². The zero-order valence-corrected chi connectivity index (χ0v) is 22.5. The van der Waals surface area contributed by atoms with E-state index in [9.17, 15) is 0 Å². The lowest BCUT2D eigenvalue weighted by Gasteiger charge is -2.15. The molecular weight excluding hydrogens is 500 g/mol. The molecule has 41 heavy (non-hydrogen) atoms. The third-order valence-electron chi connectivity index (χ3n) is 7.33. The van der Waals surface area contributed by atoms with Crippen molar-refractivity contribution in [3.05, 3.63) is 157 Å². The van der Waals surface area contributed by atoms with Crippen LogP contribution in [0.1, 0.15) is 11.1 Å². The number of fused-ring (bicyclic) bond motifs is 3. The van der Waals surface area contributed by atoms with Gasteiger partial charge in [0.15, 0.2) is 0 Å². The third kappa shape index (κ3) is 5.26. The number of rotatable bonds is 7. The van der Waals surface area contributed by atoms with Gasteiger partial charge in [-0.15, -0.1) is 0 Å². The summed E-state index contributed by atoms with van der Waals surface area (Å²) in [6.45, 7) is 0.625. The van der Waals surface area contributed by atoms with Gasteiger partial charge in [0.2, 0.25) is 0 Å². The van der Waals surface area contributed by atoms with Crippen LogP contribution in [0.25, 0.3) is 44.2 Å². The summed E-state index contributed by atoms with van der Waals surface area (Å²) in [6.07, 6.45) is 1.93. The van der Waals surface area contributed by atoms with Gasteiger partial charge in [-0.2, -0.15) is 0 Å². The maximum atomic E-state index is 6.06. The standard InChI is InChI=1S/C38H28N2O/c1-3-10-27(11-4-1)25-39-26-28-12-9-15-32(22-28)40-36-20-18-30(23-34(36)29-13-5-2-6-14-29)31-19-21-38-35(24-31)33-16-7-8-17-37(33)41-38/h1-25,40H,26H2. The summed E-state index contributed by atoms with van der Waals surface area (Å²) in [7, 11) is 0. The second-order valence-electron chi connectivity index (χ2n) is 10.1. The highest BCUT2D eigenvalue weighted by molar-refractivity contribution is 6.06. The minimum absolute atomic E-state index is 0.625. The molecule has 0 fully saturated rings. The first-order chi connectivity index (χ1) is 20.3. The molecule has 3 nitrogen and oxygen atoms in total. The van der Waals surface area contributed by atoms with Gasteiger partial charge in [-0.05, 0) is 70.3 Å². The summed E-state index contributed by atoms with van der Waals surface area (Å²) in [5.41, 5.74) is 10.8. The molecule has 3 heteroatoms. The van der Waals surface area contributed by atoms with E-state index in [-0.39, 0.29) is 0 Å². The Morgan fingerprint density at radius 1 is 0.561 bits per heavy atom. The molecule has 6 aromatic carbocycles. The first-order valence-corrected chi connectivity index (χ1v) is 13.8. The van der Waals surface area contributed by atoms with Crippen molar-refractivity contribution in [3.8, 4) is 22.3 Å². The Bertz CT molecular complexity index is 1990. The van der Waals surface area contributed by atoms with E-state index in [1.165, 1.54) is 0 Å². The fourth-order valence-corrected chi connectivity index (χ4v) is 5.29. The summed E-state index contributed by atoms with van der Waals surface area (Å²) in [5, 5.41) is 5.95. The molecule has 7 aromatic rings. The van der Waals surface area contributed by atoms with Gasteiger partial charge in [-0.1, -0.05) is 103 Å². The van der Waals surface area contributed by atoms with E-state index in [1.807, 2.05) is 36.5 Å². The fourth-order valence-electron chi connectivity index (χ4n) is 5.29. The van der Waals surface area contributed by atoms with E-state index in [2.05, 4.69) is 126 Å². The summed E-state index contributed by atoms with van der Waals surface area (Å²) >= 11 is 0. The predicted molar refractivity (Wildman–Crippen MR) is 172 cm³/mol. The average Bonchev–Trinajstić information content (AvgIpc) is 3.40. The SMILES string of the molecule is C(=NCc1cccc(Nc2ccc(-c3ccc4oc5ccccc5c4c3)cc2-c2ccccc2)c1)c1ccccc1. The van der Waals surface area contributed by atoms with Crippen molar-refractivity contribution >= 4 is 39.5 Å². The summed E-state index contributed by atoms with van der Waals surface area (Å²) in [5.74, 6) is 0. The van der Waals surface area contributed by atoms with Gasteiger partial charge in [-0.3, -0.25) is 4.99 Å². The molecule has 1 N–H and O–H groups in total. The molecule has 0 saturated carbocycles. The number of hydrogen-bond acceptors (Lipinski definition) is 3. The predicted octanol–water partition coefficient (Wildman–Crippen LogP) is 10.3. The highest BCUT2D eigenvalue weighted by Crippen LogP contribution is 2.37. The molecule has 1 aromatic heterocycles. The number of nitrogens with zero attached hydrogens (tertiary/aromatic N) is 1. The lowest BCUT2D eigenvalue weighted by Crippen LogP contribution is -1.95. The first-order valence-electron chi connectivity index (χ1n) is 13.8. The Labute approximate surface area is 239 Å². The molecule has 7 rings (SSSR count). The summed E-state index contributed by atoms with van der Waals surface area (Å²) in [4.78, 5) is 4.65. The third-order valence-corrected chi connectivity index (χ3v) is 7.33. The zero-order valence-electron chi connectivity index (χ0n) is 22.5. The minimum Gasteiger partial charge on any atom is -0.456 e. The average molecular weight is 529 g/mol. The van der Waals surface area contributed by atoms with Crippen molar-refractivity contribution in [3.63, 3.8) is 0 Å². The van der Waals surface area contributed by atoms with E-state index < -0.39 is 0 Å². The molecule has 0 amide bonds. The van der Waals surface area contributed by atoms with Crippen LogP contribution in [-0.2, 0) is 6.54 Å². The van der Waals surface area contributed by atoms with Crippen molar-refractivity contribution in [1.29, 1.82) is 0 Å². The molecule has 0 atom stereocenters. The topological polar surface area (TPSA) is 37.5 Å². The number of para-hydroxylation sites is 1. The molecule has 0 aliphatic heterocycles. The number of anilines is 2. The van der Waals surface area contributed by atoms with E-state index in [0.717, 1.165) is 66.7 Å². The second-order valence-corrected chi connectivity index (χ2v) is 10.1. The van der Waals surface area contributed by atoms with Gasteiger partial charge >= 0.3 is 0 Å². The minimum atomic E-state index is 0.625. The molecule has 0 unspecified atom stereocenters. The maximum absolute atomic E-state index is 6.06. The van der Waals surface area contributed by atoms with Gasteiger partial charge in [0, 0.05) is 33.9 Å². The quantitative estimate of drug-likeness (QED) is 0.209. The summed E-state index contributed by atoms with van der Waals surface area (Å²) in [6, 6.07) is 50.5. The number of aliphatic imine (C=N–C) groups is 1. The smallest absolute Gasteiger partial charge is 0.135 e. The number of benzene rings is 6. The zero-order chi connectivity index (χ0) is 27.4. The fraction of sp³-hybridized carbons (Fsp3) is 0.0263. The number of furan rings is 1. The molecule has 0 saturated heterocycles. The highest BCUT2D eigenvalue weighted by Gasteiger charge is 2.12. The Morgan fingerprint density at radius 3 is 2.17 bits per heavy atom. The van der Waals surface area contributed by atoms with E-state index in [0.29, 0.717) is 6.54 Å². The summed E-state index contributed by atoms with van der Waals surface area (Å²) < 4.78 is 6.06. The van der Waals surface area contributed by atoms with Crippen molar-refractivity contribution in [2.45, 2.75) is 6.54 Å². The van der Waals surface area contributed by atoms with Crippen molar-refractivity contribution < 1.29 is 4.42 Å². The van der Waals surface area contributed by atoms with Crippen LogP contribution < -0.4 is 5.32 Å². The van der Waals surface area contributed by atoms with Crippen molar-refractivity contribution in [1.82, 2.24) is 0 Å². The molecule has 0 radical (unpaired) electrons. The van der Waals surface area contributed by atoms with Crippen LogP contribution >= 0.6 is 0 Å². The van der Waals surface area contributed by atoms with Crippen LogP contribution in [0.2, 0.25) is 0 Å². The lowest BCUT2D eigenvalue weighted by atomic mass is 9.96. The second kappa shape index (κ2) is 11.0. The largest absolute Gasteiger partial charge is 0.456 e. The number of hydrogen-bond donors (Lipinski definition) is 1. The van der Waals surface area contributed by atoms with Gasteiger partial charge < -0.3 is 9.73 Å². The van der Waals surface area contributed by atoms with Crippen molar-refractivity contribution in [2.75, 3.05) is 5.32 Å². The van der Waals surface area contributed by atoms with Crippen LogP contribution in [-0.4, -0.2) is 6.21 Å². The van der Waals surface area contributed by atoms with Crippen molar-refractivity contribution in [2.24, 2.45) is 4.99 Å². The van der Waals surface area contributed by atoms with Gasteiger partial charge in [0.05, 0.1) is 6.54 Å². The van der Waals surface area contributed by atoms with Gasteiger partial charge in [-0.25, -0.2) is 0 Å². The molecule has 196 valence electrons. The molecule has 1 heterocycles. The molecule has 0 aliphatic rings. The Kier molecular flexibility index (Phi) is 6.60. The molecule has 0 aliphatic carbocycles. The van der Waals surface area contributed by atoms with Gasteiger partial charge in [0.25, 0.3) is 0 Å². The van der Waals surface area contributed by atoms with Crippen LogP contribution in [0.15, 0.2) is 155 Å². The van der Waals surface area contributed by atoms with Gasteiger partial charge in [0.1, 0.15) is 11.2 Å². The van der Waals surface area contributed by atoms with E-state index in [1.54, 1.807) is 0 Å². The molecule has 0 bridgehead atoms. The maximum Gasteiger partial charge on any atom is 0.135 e. The monoisotopic (exact) mass is 528 g/mol. The first kappa shape index (κ1) is 24.6. The normalized spacial score (nSPS) is 11.4. The Hall–Kier alpha value is -5.41. The highest BCUT2D eigenvalue weighted by atomic mass is 16.3. The van der Waals surface area contributed by atoms with Crippen LogP contribution in [0.3, 0.4) is 0 Å². The van der Waals surface area contributed by atoms with Crippen LogP contribution in [0, 0.1) is 0 Å². The van der Waals surface area contributed by atoms with Crippen LogP contribution in [0.4, 0.5) is 11.4 Å². The molecule has 0 spiro atoms. The Balaban J connectivity index is 1.21. The molecular formula is C38H28N2O. The Morgan fingerprint density at radius 2 is 1.29 bits per heavy atom. The van der Waals surface area contributed by atoms with Crippen LogP contribution in [0.5, 0.6) is 0 Å².